The third-order valence-electron chi connectivity index (χ3n) is 6.20. The zero-order valence-electron chi connectivity index (χ0n) is 17.3. The van der Waals surface area contributed by atoms with E-state index < -0.39 is 5.60 Å². The number of likely N-dealkylation sites (tertiary alicyclic amines) is 1. The van der Waals surface area contributed by atoms with Crippen LogP contribution in [0.4, 0.5) is 10.6 Å². The predicted molar refractivity (Wildman–Crippen MR) is 109 cm³/mol. The fourth-order valence-corrected chi connectivity index (χ4v) is 4.75. The van der Waals surface area contributed by atoms with E-state index >= 15 is 0 Å². The summed E-state index contributed by atoms with van der Waals surface area (Å²) in [5.74, 6) is 2.23. The Kier molecular flexibility index (Phi) is 4.93. The normalized spacial score (nSPS) is 25.4. The van der Waals surface area contributed by atoms with E-state index in [0.717, 1.165) is 55.6 Å². The van der Waals surface area contributed by atoms with Crippen LogP contribution in [0.15, 0.2) is 18.6 Å². The number of hydrogen-bond acceptors (Lipinski definition) is 5. The first-order chi connectivity index (χ1) is 13.3. The Morgan fingerprint density at radius 2 is 2.07 bits per heavy atom. The Bertz CT molecular complexity index is 843. The maximum atomic E-state index is 12.4. The Labute approximate surface area is 166 Å². The molecule has 2 aromatic rings. The highest BCUT2D eigenvalue weighted by atomic mass is 16.6. The van der Waals surface area contributed by atoms with Crippen molar-refractivity contribution in [3.8, 4) is 0 Å². The number of rotatable bonds is 2. The average molecular weight is 386 g/mol. The molecule has 152 valence electrons. The van der Waals surface area contributed by atoms with E-state index in [-0.39, 0.29) is 6.09 Å². The maximum absolute atomic E-state index is 12.4. The number of ether oxygens (including phenoxy) is 1. The molecule has 3 atom stereocenters. The Morgan fingerprint density at radius 1 is 1.25 bits per heavy atom. The van der Waals surface area contributed by atoms with Crippen LogP contribution < -0.4 is 4.90 Å². The van der Waals surface area contributed by atoms with Crippen LogP contribution >= 0.6 is 0 Å². The first-order valence-corrected chi connectivity index (χ1v) is 10.3. The van der Waals surface area contributed by atoms with E-state index in [0.29, 0.717) is 17.9 Å². The van der Waals surface area contributed by atoms with Crippen molar-refractivity contribution < 1.29 is 9.53 Å². The number of fused-ring (bicyclic) bond motifs is 2. The minimum absolute atomic E-state index is 0.166. The van der Waals surface area contributed by atoms with Gasteiger partial charge in [0.05, 0.1) is 5.39 Å². The molecule has 2 aliphatic rings. The molecule has 2 fully saturated rings. The SMILES string of the molecule is CN(c1ncnc2[nH]ccc12)C1CCC2CN(C(=O)OC(C)(C)C)CCC2C1. The van der Waals surface area contributed by atoms with Crippen LogP contribution in [-0.4, -0.2) is 57.7 Å². The number of aromatic amines is 1. The zero-order valence-corrected chi connectivity index (χ0v) is 17.3. The van der Waals surface area contributed by atoms with Crippen LogP contribution in [0.25, 0.3) is 11.0 Å². The fraction of sp³-hybridized carbons (Fsp3) is 0.667. The monoisotopic (exact) mass is 385 g/mol. The van der Waals surface area contributed by atoms with Gasteiger partial charge in [-0.1, -0.05) is 0 Å². The Balaban J connectivity index is 1.40. The van der Waals surface area contributed by atoms with E-state index in [1.807, 2.05) is 37.9 Å². The molecule has 0 radical (unpaired) electrons. The summed E-state index contributed by atoms with van der Waals surface area (Å²) in [6.45, 7) is 7.39. The van der Waals surface area contributed by atoms with Crippen molar-refractivity contribution in [1.29, 1.82) is 0 Å². The third kappa shape index (κ3) is 3.80. The van der Waals surface area contributed by atoms with Gasteiger partial charge in [0.2, 0.25) is 0 Å². The van der Waals surface area contributed by atoms with Crippen LogP contribution in [-0.2, 0) is 4.74 Å². The largest absolute Gasteiger partial charge is 0.444 e. The molecule has 28 heavy (non-hydrogen) atoms. The molecule has 1 aliphatic carbocycles. The van der Waals surface area contributed by atoms with Crippen LogP contribution in [0.5, 0.6) is 0 Å². The van der Waals surface area contributed by atoms with Gasteiger partial charge in [-0.3, -0.25) is 0 Å². The van der Waals surface area contributed by atoms with Crippen LogP contribution in [0.2, 0.25) is 0 Å². The molecular formula is C21H31N5O2. The molecule has 0 bridgehead atoms. The molecule has 1 saturated carbocycles. The molecule has 2 aromatic heterocycles. The summed E-state index contributed by atoms with van der Waals surface area (Å²) in [6, 6.07) is 2.52. The summed E-state index contributed by atoms with van der Waals surface area (Å²) in [6.07, 6.45) is 7.85. The molecule has 7 nitrogen and oxygen atoms in total. The maximum Gasteiger partial charge on any atom is 0.410 e. The van der Waals surface area contributed by atoms with E-state index in [1.165, 1.54) is 0 Å². The number of carbonyl (C=O) groups excluding carboxylic acids is 1. The van der Waals surface area contributed by atoms with Gasteiger partial charge in [0.15, 0.2) is 0 Å². The first kappa shape index (κ1) is 19.0. The molecule has 1 N–H and O–H groups in total. The molecule has 7 heteroatoms. The van der Waals surface area contributed by atoms with Crippen LogP contribution in [0.1, 0.15) is 46.5 Å². The van der Waals surface area contributed by atoms with Crippen molar-refractivity contribution in [2.45, 2.75) is 58.1 Å². The summed E-state index contributed by atoms with van der Waals surface area (Å²) in [4.78, 5) is 28.7. The van der Waals surface area contributed by atoms with Gasteiger partial charge in [-0.2, -0.15) is 0 Å². The second-order valence-electron chi connectivity index (χ2n) is 9.25. The van der Waals surface area contributed by atoms with E-state index in [1.54, 1.807) is 6.33 Å². The highest BCUT2D eigenvalue weighted by Crippen LogP contribution is 2.39. The molecule has 0 spiro atoms. The molecule has 3 heterocycles. The van der Waals surface area contributed by atoms with Gasteiger partial charge in [-0.25, -0.2) is 14.8 Å². The minimum atomic E-state index is -0.435. The number of carbonyl (C=O) groups is 1. The molecular weight excluding hydrogens is 354 g/mol. The van der Waals surface area contributed by atoms with Crippen molar-refractivity contribution in [3.63, 3.8) is 0 Å². The van der Waals surface area contributed by atoms with Crippen molar-refractivity contribution in [1.82, 2.24) is 19.9 Å². The molecule has 1 saturated heterocycles. The van der Waals surface area contributed by atoms with Gasteiger partial charge in [0.1, 0.15) is 23.4 Å². The van der Waals surface area contributed by atoms with Gasteiger partial charge in [-0.15, -0.1) is 0 Å². The summed E-state index contributed by atoms with van der Waals surface area (Å²) < 4.78 is 5.57. The number of nitrogens with one attached hydrogen (secondary N) is 1. The lowest BCUT2D eigenvalue weighted by atomic mass is 9.73. The molecule has 4 rings (SSSR count). The smallest absolute Gasteiger partial charge is 0.410 e. The van der Waals surface area contributed by atoms with E-state index in [9.17, 15) is 4.79 Å². The highest BCUT2D eigenvalue weighted by molar-refractivity contribution is 5.87. The number of piperidine rings is 1. The van der Waals surface area contributed by atoms with Crippen molar-refractivity contribution >= 4 is 22.9 Å². The number of hydrogen-bond donors (Lipinski definition) is 1. The molecule has 0 aromatic carbocycles. The number of aromatic nitrogens is 3. The van der Waals surface area contributed by atoms with Crippen molar-refractivity contribution in [3.05, 3.63) is 18.6 Å². The summed E-state index contributed by atoms with van der Waals surface area (Å²) in [5.41, 5.74) is 0.450. The lowest BCUT2D eigenvalue weighted by Crippen LogP contribution is -2.49. The number of amides is 1. The number of H-pyrrole nitrogens is 1. The van der Waals surface area contributed by atoms with Gasteiger partial charge in [-0.05, 0) is 64.4 Å². The van der Waals surface area contributed by atoms with Gasteiger partial charge < -0.3 is 19.5 Å². The lowest BCUT2D eigenvalue weighted by molar-refractivity contribution is 0.00450. The number of nitrogens with zero attached hydrogens (tertiary/aromatic N) is 4. The van der Waals surface area contributed by atoms with Crippen LogP contribution in [0, 0.1) is 11.8 Å². The van der Waals surface area contributed by atoms with E-state index in [4.69, 9.17) is 4.74 Å². The Morgan fingerprint density at radius 3 is 2.86 bits per heavy atom. The summed E-state index contributed by atoms with van der Waals surface area (Å²) >= 11 is 0. The molecule has 1 aliphatic heterocycles. The van der Waals surface area contributed by atoms with Crippen molar-refractivity contribution in [2.24, 2.45) is 11.8 Å². The van der Waals surface area contributed by atoms with Gasteiger partial charge in [0.25, 0.3) is 0 Å². The Hall–Kier alpha value is -2.31. The average Bonchev–Trinajstić information content (AvgIpc) is 3.14. The predicted octanol–water partition coefficient (Wildman–Crippen LogP) is 3.82. The minimum Gasteiger partial charge on any atom is -0.444 e. The summed E-state index contributed by atoms with van der Waals surface area (Å²) in [7, 11) is 2.15. The van der Waals surface area contributed by atoms with Crippen LogP contribution in [0.3, 0.4) is 0 Å². The first-order valence-electron chi connectivity index (χ1n) is 10.3. The molecule has 3 unspecified atom stereocenters. The third-order valence-corrected chi connectivity index (χ3v) is 6.20. The molecule has 1 amide bonds. The van der Waals surface area contributed by atoms with Gasteiger partial charge >= 0.3 is 6.09 Å². The standard InChI is InChI=1S/C21H31N5O2/c1-21(2,3)28-20(27)26-10-8-14-11-16(6-5-15(14)12-26)25(4)19-17-7-9-22-18(17)23-13-24-19/h7,9,13-16H,5-6,8,10-12H2,1-4H3,(H,22,23,24). The highest BCUT2D eigenvalue weighted by Gasteiger charge is 2.38. The topological polar surface area (TPSA) is 74.4 Å². The number of anilines is 1. The lowest BCUT2D eigenvalue weighted by Gasteiger charge is -2.45. The second kappa shape index (κ2) is 7.26. The van der Waals surface area contributed by atoms with E-state index in [2.05, 4.69) is 26.9 Å². The fourth-order valence-electron chi connectivity index (χ4n) is 4.75. The van der Waals surface area contributed by atoms with Gasteiger partial charge in [0, 0.05) is 32.4 Å². The second-order valence-corrected chi connectivity index (χ2v) is 9.25. The zero-order chi connectivity index (χ0) is 19.9. The quantitative estimate of drug-likeness (QED) is 0.851. The summed E-state index contributed by atoms with van der Waals surface area (Å²) in [5, 5.41) is 1.08. The van der Waals surface area contributed by atoms with Crippen molar-refractivity contribution in [2.75, 3.05) is 25.0 Å².